The van der Waals surface area contributed by atoms with Crippen LogP contribution in [0.3, 0.4) is 0 Å². The Labute approximate surface area is 120 Å². The molecule has 0 radical (unpaired) electrons. The van der Waals surface area contributed by atoms with Crippen molar-refractivity contribution >= 4 is 5.91 Å². The van der Waals surface area contributed by atoms with Crippen LogP contribution in [0.2, 0.25) is 0 Å². The van der Waals surface area contributed by atoms with Crippen molar-refractivity contribution in [3.63, 3.8) is 0 Å². The first-order chi connectivity index (χ1) is 9.22. The average molecular weight is 267 g/mol. The van der Waals surface area contributed by atoms with Gasteiger partial charge in [-0.15, -0.1) is 0 Å². The number of carbonyl (C=O) groups is 1. The molecule has 0 unspecified atom stereocenters. The Morgan fingerprint density at radius 1 is 0.895 bits per heavy atom. The molecule has 1 N–H and O–H groups in total. The lowest BCUT2D eigenvalue weighted by atomic mass is 10.1. The topological polar surface area (TPSA) is 29.1 Å². The van der Waals surface area contributed by atoms with Crippen LogP contribution < -0.4 is 5.32 Å². The van der Waals surface area contributed by atoms with E-state index in [0.29, 0.717) is 0 Å². The van der Waals surface area contributed by atoms with E-state index in [-0.39, 0.29) is 5.91 Å². The summed E-state index contributed by atoms with van der Waals surface area (Å²) in [4.78, 5) is 11.7. The van der Waals surface area contributed by atoms with Gasteiger partial charge in [0, 0.05) is 12.1 Å². The number of allylic oxidation sites excluding steroid dienone is 1. The lowest BCUT2D eigenvalue weighted by molar-refractivity contribution is -0.117. The number of hydrogen-bond acceptors (Lipinski definition) is 1. The molecule has 112 valence electrons. The van der Waals surface area contributed by atoms with E-state index in [2.05, 4.69) is 25.2 Å². The standard InChI is InChI=1S/C17H33NO/c1-4-6-8-9-10-11-12-14-16(3)17(19)18-15-13-7-5-2/h14H,4-13,15H2,1-3H3,(H,18,19)/b16-14+. The van der Waals surface area contributed by atoms with E-state index < -0.39 is 0 Å². The van der Waals surface area contributed by atoms with Crippen LogP contribution in [0.25, 0.3) is 0 Å². The maximum atomic E-state index is 11.7. The van der Waals surface area contributed by atoms with Gasteiger partial charge >= 0.3 is 0 Å². The first-order valence-corrected chi connectivity index (χ1v) is 8.17. The molecule has 2 heteroatoms. The molecule has 0 heterocycles. The highest BCUT2D eigenvalue weighted by Crippen LogP contribution is 2.08. The van der Waals surface area contributed by atoms with Crippen molar-refractivity contribution in [2.24, 2.45) is 0 Å². The molecule has 0 rings (SSSR count). The summed E-state index contributed by atoms with van der Waals surface area (Å²) in [6.45, 7) is 7.15. The molecule has 0 aliphatic heterocycles. The SMILES string of the molecule is CCCCCCCC/C=C(\C)C(=O)NCCCCC. The summed E-state index contributed by atoms with van der Waals surface area (Å²) in [6.07, 6.45) is 14.5. The fraction of sp³-hybridized carbons (Fsp3) is 0.824. The minimum absolute atomic E-state index is 0.113. The Bertz CT molecular complexity index is 246. The molecule has 0 atom stereocenters. The highest BCUT2D eigenvalue weighted by molar-refractivity contribution is 5.92. The quantitative estimate of drug-likeness (QED) is 0.392. The summed E-state index contributed by atoms with van der Waals surface area (Å²) in [7, 11) is 0. The number of unbranched alkanes of at least 4 members (excludes halogenated alkanes) is 8. The van der Waals surface area contributed by atoms with Crippen molar-refractivity contribution in [1.29, 1.82) is 0 Å². The molecule has 0 aromatic heterocycles. The molecule has 0 saturated heterocycles. The van der Waals surface area contributed by atoms with Crippen LogP contribution in [0, 0.1) is 0 Å². The van der Waals surface area contributed by atoms with Crippen LogP contribution >= 0.6 is 0 Å². The Kier molecular flexibility index (Phi) is 13.1. The van der Waals surface area contributed by atoms with Crippen LogP contribution in [0.1, 0.15) is 85.0 Å². The van der Waals surface area contributed by atoms with Gasteiger partial charge in [-0.3, -0.25) is 4.79 Å². The van der Waals surface area contributed by atoms with Crippen LogP contribution in [0.4, 0.5) is 0 Å². The summed E-state index contributed by atoms with van der Waals surface area (Å²) in [5.41, 5.74) is 0.880. The van der Waals surface area contributed by atoms with Crippen molar-refractivity contribution in [3.8, 4) is 0 Å². The van der Waals surface area contributed by atoms with Crippen LogP contribution in [0.15, 0.2) is 11.6 Å². The molecule has 1 amide bonds. The highest BCUT2D eigenvalue weighted by Gasteiger charge is 2.01. The van der Waals surface area contributed by atoms with E-state index in [1.807, 2.05) is 6.92 Å². The van der Waals surface area contributed by atoms with Gasteiger partial charge in [0.05, 0.1) is 0 Å². The molecule has 0 bridgehead atoms. The van der Waals surface area contributed by atoms with Gasteiger partial charge in [-0.1, -0.05) is 64.9 Å². The minimum Gasteiger partial charge on any atom is -0.352 e. The molecule has 0 spiro atoms. The predicted octanol–water partition coefficient (Wildman–Crippen LogP) is 4.99. The second kappa shape index (κ2) is 13.6. The molecule has 0 fully saturated rings. The summed E-state index contributed by atoms with van der Waals surface area (Å²) in [5.74, 6) is 0.113. The normalized spacial score (nSPS) is 11.6. The van der Waals surface area contributed by atoms with Crippen molar-refractivity contribution in [2.75, 3.05) is 6.54 Å². The van der Waals surface area contributed by atoms with E-state index in [0.717, 1.165) is 25.0 Å². The van der Waals surface area contributed by atoms with Gasteiger partial charge in [0.1, 0.15) is 0 Å². The van der Waals surface area contributed by atoms with Crippen molar-refractivity contribution in [1.82, 2.24) is 5.32 Å². The zero-order valence-corrected chi connectivity index (χ0v) is 13.3. The molecule has 0 aromatic carbocycles. The number of carbonyl (C=O) groups excluding carboxylic acids is 1. The zero-order valence-electron chi connectivity index (χ0n) is 13.3. The third-order valence-corrected chi connectivity index (χ3v) is 3.43. The average Bonchev–Trinajstić information content (AvgIpc) is 2.42. The zero-order chi connectivity index (χ0) is 14.3. The van der Waals surface area contributed by atoms with E-state index >= 15 is 0 Å². The van der Waals surface area contributed by atoms with Gasteiger partial charge in [0.25, 0.3) is 0 Å². The minimum atomic E-state index is 0.113. The molecular formula is C17H33NO. The van der Waals surface area contributed by atoms with Gasteiger partial charge in [-0.2, -0.15) is 0 Å². The smallest absolute Gasteiger partial charge is 0.246 e. The second-order valence-electron chi connectivity index (χ2n) is 5.41. The summed E-state index contributed by atoms with van der Waals surface area (Å²) in [5, 5.41) is 2.98. The van der Waals surface area contributed by atoms with Crippen molar-refractivity contribution < 1.29 is 4.79 Å². The fourth-order valence-electron chi connectivity index (χ4n) is 2.05. The van der Waals surface area contributed by atoms with E-state index in [1.54, 1.807) is 0 Å². The molecule has 2 nitrogen and oxygen atoms in total. The second-order valence-corrected chi connectivity index (χ2v) is 5.41. The fourth-order valence-corrected chi connectivity index (χ4v) is 2.05. The largest absolute Gasteiger partial charge is 0.352 e. The van der Waals surface area contributed by atoms with Crippen LogP contribution in [-0.4, -0.2) is 12.5 Å². The number of hydrogen-bond donors (Lipinski definition) is 1. The summed E-state index contributed by atoms with van der Waals surface area (Å²) >= 11 is 0. The number of amides is 1. The maximum Gasteiger partial charge on any atom is 0.246 e. The maximum absolute atomic E-state index is 11.7. The number of rotatable bonds is 12. The summed E-state index contributed by atoms with van der Waals surface area (Å²) < 4.78 is 0. The van der Waals surface area contributed by atoms with Gasteiger partial charge in [0.2, 0.25) is 5.91 Å². The van der Waals surface area contributed by atoms with Gasteiger partial charge in [-0.05, 0) is 26.2 Å². The Morgan fingerprint density at radius 3 is 2.16 bits per heavy atom. The third-order valence-electron chi connectivity index (χ3n) is 3.43. The molecule has 0 aliphatic carbocycles. The van der Waals surface area contributed by atoms with E-state index in [9.17, 15) is 4.79 Å². The molecule has 19 heavy (non-hydrogen) atoms. The Balaban J connectivity index is 3.54. The van der Waals surface area contributed by atoms with Crippen LogP contribution in [0.5, 0.6) is 0 Å². The predicted molar refractivity (Wildman–Crippen MR) is 84.3 cm³/mol. The van der Waals surface area contributed by atoms with Gasteiger partial charge in [-0.25, -0.2) is 0 Å². The van der Waals surface area contributed by atoms with Crippen molar-refractivity contribution in [2.45, 2.75) is 85.0 Å². The molecule has 0 aliphatic rings. The van der Waals surface area contributed by atoms with E-state index in [4.69, 9.17) is 0 Å². The van der Waals surface area contributed by atoms with E-state index in [1.165, 1.54) is 51.4 Å². The van der Waals surface area contributed by atoms with Crippen molar-refractivity contribution in [3.05, 3.63) is 11.6 Å². The molecule has 0 saturated carbocycles. The first-order valence-electron chi connectivity index (χ1n) is 8.17. The summed E-state index contributed by atoms with van der Waals surface area (Å²) in [6, 6.07) is 0. The van der Waals surface area contributed by atoms with Gasteiger partial charge in [0.15, 0.2) is 0 Å². The number of nitrogens with one attached hydrogen (secondary N) is 1. The van der Waals surface area contributed by atoms with Gasteiger partial charge < -0.3 is 5.32 Å². The first kappa shape index (κ1) is 18.2. The Morgan fingerprint density at radius 2 is 1.47 bits per heavy atom. The monoisotopic (exact) mass is 267 g/mol. The lowest BCUT2D eigenvalue weighted by Gasteiger charge is -2.05. The third kappa shape index (κ3) is 12.0. The lowest BCUT2D eigenvalue weighted by Crippen LogP contribution is -2.25. The highest BCUT2D eigenvalue weighted by atomic mass is 16.1. The molecule has 0 aromatic rings. The Hall–Kier alpha value is -0.790. The molecular weight excluding hydrogens is 234 g/mol. The van der Waals surface area contributed by atoms with Crippen LogP contribution in [-0.2, 0) is 4.79 Å².